The Labute approximate surface area is 59.5 Å². The number of nitrogens with zero attached hydrogens (tertiary/aromatic N) is 2. The van der Waals surface area contributed by atoms with Crippen molar-refractivity contribution in [2.45, 2.75) is 12.8 Å². The van der Waals surface area contributed by atoms with Gasteiger partial charge in [-0.05, 0) is 19.1 Å². The molecule has 1 aliphatic rings. The molecule has 9 heavy (non-hydrogen) atoms. The lowest BCUT2D eigenvalue weighted by molar-refractivity contribution is 0.895. The van der Waals surface area contributed by atoms with Gasteiger partial charge in [-0.2, -0.15) is 0 Å². The van der Waals surface area contributed by atoms with Gasteiger partial charge in [-0.25, -0.2) is 4.99 Å². The fourth-order valence-corrected chi connectivity index (χ4v) is 1.20. The molecule has 0 fully saturated rings. The Morgan fingerprint density at radius 2 is 2.56 bits per heavy atom. The van der Waals surface area contributed by atoms with Crippen molar-refractivity contribution in [1.29, 1.82) is 0 Å². The smallest absolute Gasteiger partial charge is 0.110 e. The fraction of sp³-hybridized carbons (Fsp3) is 0.667. The van der Waals surface area contributed by atoms with Gasteiger partial charge < -0.3 is 0 Å². The first kappa shape index (κ1) is 6.81. The molecule has 1 aliphatic heterocycles. The maximum Gasteiger partial charge on any atom is 0.110 e. The maximum absolute atomic E-state index is 4.13. The third kappa shape index (κ3) is 2.18. The van der Waals surface area contributed by atoms with Crippen LogP contribution in [0.2, 0.25) is 0 Å². The molecule has 0 bridgehead atoms. The standard InChI is InChI=1S/C6H10N2S/c1-9-6-3-2-4-7-5-8-6/h5H,2-4H2,1H3. The summed E-state index contributed by atoms with van der Waals surface area (Å²) in [6.45, 7) is 0.938. The molecule has 0 aromatic rings. The highest BCUT2D eigenvalue weighted by Crippen LogP contribution is 2.07. The minimum Gasteiger partial charge on any atom is -0.273 e. The first-order valence-electron chi connectivity index (χ1n) is 3.02. The quantitative estimate of drug-likeness (QED) is 0.504. The summed E-state index contributed by atoms with van der Waals surface area (Å²) < 4.78 is 0. The van der Waals surface area contributed by atoms with Crippen molar-refractivity contribution in [2.75, 3.05) is 12.8 Å². The number of rotatable bonds is 0. The average molecular weight is 142 g/mol. The molecule has 0 unspecified atom stereocenters. The molecule has 1 heterocycles. The second kappa shape index (κ2) is 3.67. The summed E-state index contributed by atoms with van der Waals surface area (Å²) in [5, 5.41) is 1.20. The zero-order valence-electron chi connectivity index (χ0n) is 5.50. The van der Waals surface area contributed by atoms with Crippen molar-refractivity contribution >= 4 is 23.1 Å². The van der Waals surface area contributed by atoms with Gasteiger partial charge in [0, 0.05) is 6.54 Å². The SMILES string of the molecule is CSC1=NC=NCCC1. The summed E-state index contributed by atoms with van der Waals surface area (Å²) in [7, 11) is 0. The van der Waals surface area contributed by atoms with Gasteiger partial charge in [0.25, 0.3) is 0 Å². The maximum atomic E-state index is 4.13. The molecule has 0 N–H and O–H groups in total. The van der Waals surface area contributed by atoms with Crippen LogP contribution in [-0.2, 0) is 0 Å². The predicted molar refractivity (Wildman–Crippen MR) is 43.5 cm³/mol. The van der Waals surface area contributed by atoms with Crippen LogP contribution >= 0.6 is 11.8 Å². The van der Waals surface area contributed by atoms with Gasteiger partial charge in [0.2, 0.25) is 0 Å². The highest BCUT2D eigenvalue weighted by molar-refractivity contribution is 8.13. The van der Waals surface area contributed by atoms with Gasteiger partial charge >= 0.3 is 0 Å². The van der Waals surface area contributed by atoms with E-state index in [2.05, 4.69) is 16.2 Å². The van der Waals surface area contributed by atoms with E-state index in [9.17, 15) is 0 Å². The van der Waals surface area contributed by atoms with Crippen LogP contribution in [0.1, 0.15) is 12.8 Å². The Balaban J connectivity index is 2.49. The highest BCUT2D eigenvalue weighted by Gasteiger charge is 1.97. The van der Waals surface area contributed by atoms with E-state index < -0.39 is 0 Å². The van der Waals surface area contributed by atoms with E-state index in [0.29, 0.717) is 0 Å². The van der Waals surface area contributed by atoms with E-state index in [1.165, 1.54) is 5.04 Å². The molecule has 0 saturated carbocycles. The van der Waals surface area contributed by atoms with Crippen LogP contribution in [0.15, 0.2) is 9.98 Å². The van der Waals surface area contributed by atoms with Crippen LogP contribution in [-0.4, -0.2) is 24.2 Å². The normalized spacial score (nSPS) is 19.0. The van der Waals surface area contributed by atoms with Gasteiger partial charge in [0.1, 0.15) is 6.34 Å². The molecule has 3 heteroatoms. The Morgan fingerprint density at radius 3 is 3.33 bits per heavy atom. The molecular formula is C6H10N2S. The van der Waals surface area contributed by atoms with Crippen LogP contribution in [0.3, 0.4) is 0 Å². The van der Waals surface area contributed by atoms with Gasteiger partial charge in [-0.3, -0.25) is 4.99 Å². The van der Waals surface area contributed by atoms with E-state index in [0.717, 1.165) is 19.4 Å². The summed E-state index contributed by atoms with van der Waals surface area (Å²) in [4.78, 5) is 8.17. The Morgan fingerprint density at radius 1 is 1.67 bits per heavy atom. The molecule has 0 atom stereocenters. The summed E-state index contributed by atoms with van der Waals surface area (Å²) in [5.74, 6) is 0. The number of hydrogen-bond acceptors (Lipinski definition) is 3. The number of hydrogen-bond donors (Lipinski definition) is 0. The Kier molecular flexibility index (Phi) is 2.77. The van der Waals surface area contributed by atoms with Crippen molar-refractivity contribution < 1.29 is 0 Å². The molecule has 0 aromatic heterocycles. The van der Waals surface area contributed by atoms with Crippen molar-refractivity contribution in [2.24, 2.45) is 9.98 Å². The minimum atomic E-state index is 0.938. The minimum absolute atomic E-state index is 0.938. The molecule has 0 amide bonds. The zero-order chi connectivity index (χ0) is 6.53. The fourth-order valence-electron chi connectivity index (χ4n) is 0.704. The monoisotopic (exact) mass is 142 g/mol. The lowest BCUT2D eigenvalue weighted by Gasteiger charge is -1.94. The second-order valence-electron chi connectivity index (χ2n) is 1.85. The third-order valence-corrected chi connectivity index (χ3v) is 1.98. The summed E-state index contributed by atoms with van der Waals surface area (Å²) in [6.07, 6.45) is 5.97. The van der Waals surface area contributed by atoms with E-state index in [4.69, 9.17) is 0 Å². The first-order chi connectivity index (χ1) is 4.43. The molecule has 0 saturated heterocycles. The first-order valence-corrected chi connectivity index (χ1v) is 4.25. The Hall–Kier alpha value is -0.310. The van der Waals surface area contributed by atoms with E-state index >= 15 is 0 Å². The summed E-state index contributed by atoms with van der Waals surface area (Å²) in [5.41, 5.74) is 0. The molecule has 50 valence electrons. The van der Waals surface area contributed by atoms with Crippen LogP contribution < -0.4 is 0 Å². The highest BCUT2D eigenvalue weighted by atomic mass is 32.2. The second-order valence-corrected chi connectivity index (χ2v) is 2.73. The van der Waals surface area contributed by atoms with Crippen molar-refractivity contribution in [3.8, 4) is 0 Å². The predicted octanol–water partition coefficient (Wildman–Crippen LogP) is 1.57. The van der Waals surface area contributed by atoms with E-state index in [-0.39, 0.29) is 0 Å². The average Bonchev–Trinajstić information content (AvgIpc) is 2.13. The molecule has 1 rings (SSSR count). The van der Waals surface area contributed by atoms with Crippen LogP contribution in [0, 0.1) is 0 Å². The molecule has 0 radical (unpaired) electrons. The number of aliphatic imine (C=N–C) groups is 2. The largest absolute Gasteiger partial charge is 0.273 e. The molecule has 0 aliphatic carbocycles. The lowest BCUT2D eigenvalue weighted by atomic mass is 10.3. The number of thioether (sulfide) groups is 1. The summed E-state index contributed by atoms with van der Waals surface area (Å²) >= 11 is 1.72. The van der Waals surface area contributed by atoms with Crippen LogP contribution in [0.5, 0.6) is 0 Å². The van der Waals surface area contributed by atoms with Gasteiger partial charge in [-0.1, -0.05) is 0 Å². The molecule has 0 aromatic carbocycles. The topological polar surface area (TPSA) is 24.7 Å². The zero-order valence-corrected chi connectivity index (χ0v) is 6.32. The third-order valence-electron chi connectivity index (χ3n) is 1.20. The van der Waals surface area contributed by atoms with Gasteiger partial charge in [0.05, 0.1) is 5.04 Å². The van der Waals surface area contributed by atoms with Crippen molar-refractivity contribution in [3.63, 3.8) is 0 Å². The molecule has 2 nitrogen and oxygen atoms in total. The van der Waals surface area contributed by atoms with E-state index in [1.807, 2.05) is 0 Å². The van der Waals surface area contributed by atoms with Crippen molar-refractivity contribution in [3.05, 3.63) is 0 Å². The molecular weight excluding hydrogens is 132 g/mol. The lowest BCUT2D eigenvalue weighted by Crippen LogP contribution is -1.89. The Bertz CT molecular complexity index is 140. The van der Waals surface area contributed by atoms with Gasteiger partial charge in [0.15, 0.2) is 0 Å². The summed E-state index contributed by atoms with van der Waals surface area (Å²) in [6, 6.07) is 0. The molecule has 0 spiro atoms. The van der Waals surface area contributed by atoms with Crippen molar-refractivity contribution in [1.82, 2.24) is 0 Å². The van der Waals surface area contributed by atoms with E-state index in [1.54, 1.807) is 18.1 Å². The van der Waals surface area contributed by atoms with Crippen LogP contribution in [0.25, 0.3) is 0 Å². The van der Waals surface area contributed by atoms with Gasteiger partial charge in [-0.15, -0.1) is 11.8 Å². The van der Waals surface area contributed by atoms with Crippen LogP contribution in [0.4, 0.5) is 0 Å².